The van der Waals surface area contributed by atoms with Crippen molar-refractivity contribution < 1.29 is 4.79 Å². The van der Waals surface area contributed by atoms with E-state index in [1.807, 2.05) is 0 Å². The molecule has 0 spiro atoms. The molecule has 1 aliphatic rings. The van der Waals surface area contributed by atoms with E-state index in [9.17, 15) is 4.79 Å². The van der Waals surface area contributed by atoms with Crippen LogP contribution in [-0.4, -0.2) is 58.6 Å². The highest BCUT2D eigenvalue weighted by Crippen LogP contribution is 2.20. The molecular formula is C19H21N5OS. The summed E-state index contributed by atoms with van der Waals surface area (Å²) < 4.78 is 0. The molecule has 0 saturated carbocycles. The van der Waals surface area contributed by atoms with Gasteiger partial charge in [0.2, 0.25) is 11.0 Å². The maximum Gasteiger partial charge on any atom is 0.240 e. The fraction of sp³-hybridized carbons (Fsp3) is 0.316. The van der Waals surface area contributed by atoms with E-state index in [4.69, 9.17) is 0 Å². The van der Waals surface area contributed by atoms with Gasteiger partial charge in [-0.3, -0.25) is 19.9 Å². The number of hydrogen-bond acceptors (Lipinski definition) is 6. The van der Waals surface area contributed by atoms with Crippen LogP contribution in [0.25, 0.3) is 10.8 Å². The van der Waals surface area contributed by atoms with Gasteiger partial charge in [-0.2, -0.15) is 0 Å². The predicted octanol–water partition coefficient (Wildman–Crippen LogP) is 2.45. The summed E-state index contributed by atoms with van der Waals surface area (Å²) in [7, 11) is 0. The third-order valence-corrected chi connectivity index (χ3v) is 5.32. The zero-order chi connectivity index (χ0) is 17.8. The molecular weight excluding hydrogens is 346 g/mol. The van der Waals surface area contributed by atoms with E-state index in [2.05, 4.69) is 67.8 Å². The number of amides is 1. The largest absolute Gasteiger partial charge is 0.299 e. The van der Waals surface area contributed by atoms with Crippen molar-refractivity contribution in [3.63, 3.8) is 0 Å². The van der Waals surface area contributed by atoms with Crippen molar-refractivity contribution in [1.82, 2.24) is 20.0 Å². The van der Waals surface area contributed by atoms with Gasteiger partial charge in [0.1, 0.15) is 5.51 Å². The van der Waals surface area contributed by atoms with Gasteiger partial charge >= 0.3 is 0 Å². The van der Waals surface area contributed by atoms with Gasteiger partial charge in [-0.15, -0.1) is 10.2 Å². The molecule has 134 valence electrons. The van der Waals surface area contributed by atoms with E-state index in [1.54, 1.807) is 5.51 Å². The predicted molar refractivity (Wildman–Crippen MR) is 104 cm³/mol. The molecule has 2 heterocycles. The van der Waals surface area contributed by atoms with Crippen molar-refractivity contribution in [1.29, 1.82) is 0 Å². The van der Waals surface area contributed by atoms with Crippen molar-refractivity contribution in [2.75, 3.05) is 38.0 Å². The topological polar surface area (TPSA) is 61.4 Å². The molecule has 1 aliphatic heterocycles. The zero-order valence-corrected chi connectivity index (χ0v) is 15.3. The average Bonchev–Trinajstić information content (AvgIpc) is 3.16. The van der Waals surface area contributed by atoms with Crippen molar-refractivity contribution in [3.8, 4) is 0 Å². The first-order valence-electron chi connectivity index (χ1n) is 8.75. The van der Waals surface area contributed by atoms with Crippen molar-refractivity contribution >= 4 is 33.1 Å². The van der Waals surface area contributed by atoms with Crippen LogP contribution in [0.15, 0.2) is 48.0 Å². The molecule has 2 aromatic carbocycles. The third kappa shape index (κ3) is 4.07. The molecule has 0 atom stereocenters. The number of carbonyl (C=O) groups excluding carboxylic acids is 1. The Morgan fingerprint density at radius 3 is 2.62 bits per heavy atom. The summed E-state index contributed by atoms with van der Waals surface area (Å²) in [4.78, 5) is 16.7. The molecule has 3 aromatic rings. The number of aromatic nitrogens is 2. The smallest absolute Gasteiger partial charge is 0.240 e. The third-order valence-electron chi connectivity index (χ3n) is 4.71. The number of benzene rings is 2. The number of fused-ring (bicyclic) bond motifs is 1. The molecule has 6 nitrogen and oxygen atoms in total. The Morgan fingerprint density at radius 2 is 1.81 bits per heavy atom. The summed E-state index contributed by atoms with van der Waals surface area (Å²) in [5.74, 6) is -0.0238. The van der Waals surface area contributed by atoms with Crippen molar-refractivity contribution in [3.05, 3.63) is 53.5 Å². The Hall–Kier alpha value is -2.35. The van der Waals surface area contributed by atoms with E-state index < -0.39 is 0 Å². The van der Waals surface area contributed by atoms with E-state index in [0.717, 1.165) is 32.7 Å². The van der Waals surface area contributed by atoms with Gasteiger partial charge in [0.05, 0.1) is 6.54 Å². The van der Waals surface area contributed by atoms with Gasteiger partial charge in [0, 0.05) is 32.7 Å². The van der Waals surface area contributed by atoms with Crippen LogP contribution >= 0.6 is 11.3 Å². The molecule has 0 radical (unpaired) electrons. The zero-order valence-electron chi connectivity index (χ0n) is 14.5. The lowest BCUT2D eigenvalue weighted by atomic mass is 10.0. The van der Waals surface area contributed by atoms with Crippen molar-refractivity contribution in [2.24, 2.45) is 0 Å². The summed E-state index contributed by atoms with van der Waals surface area (Å²) in [6, 6.07) is 15.0. The van der Waals surface area contributed by atoms with Gasteiger partial charge in [-0.05, 0) is 16.3 Å². The van der Waals surface area contributed by atoms with Crippen LogP contribution in [0.3, 0.4) is 0 Å². The molecule has 7 heteroatoms. The first-order chi connectivity index (χ1) is 12.8. The van der Waals surface area contributed by atoms with Crippen LogP contribution in [0.4, 0.5) is 5.13 Å². The first-order valence-corrected chi connectivity index (χ1v) is 9.63. The molecule has 4 rings (SSSR count). The maximum absolute atomic E-state index is 12.1. The molecule has 0 bridgehead atoms. The summed E-state index contributed by atoms with van der Waals surface area (Å²) in [6.45, 7) is 5.08. The standard InChI is InChI=1S/C19H21N5OS/c25-18(21-19-22-20-14-26-19)13-24-10-8-23(9-11-24)12-16-6-3-5-15-4-1-2-7-17(15)16/h1-7,14H,8-13H2,(H,21,22,25). The lowest BCUT2D eigenvalue weighted by Gasteiger charge is -2.34. The number of nitrogens with one attached hydrogen (secondary N) is 1. The quantitative estimate of drug-likeness (QED) is 0.751. The van der Waals surface area contributed by atoms with Gasteiger partial charge in [0.25, 0.3) is 0 Å². The fourth-order valence-electron chi connectivity index (χ4n) is 3.37. The molecule has 26 heavy (non-hydrogen) atoms. The Bertz CT molecular complexity index is 869. The molecule has 1 amide bonds. The molecule has 1 N–H and O–H groups in total. The summed E-state index contributed by atoms with van der Waals surface area (Å²) in [5, 5.41) is 13.5. The first kappa shape index (κ1) is 17.1. The monoisotopic (exact) mass is 367 g/mol. The van der Waals surface area contributed by atoms with Gasteiger partial charge in [-0.1, -0.05) is 53.8 Å². The number of hydrogen-bond donors (Lipinski definition) is 1. The Kier molecular flexibility index (Phi) is 5.19. The molecule has 1 saturated heterocycles. The summed E-state index contributed by atoms with van der Waals surface area (Å²) >= 11 is 1.33. The summed E-state index contributed by atoms with van der Waals surface area (Å²) in [5.41, 5.74) is 2.98. The number of carbonyl (C=O) groups is 1. The Balaban J connectivity index is 1.30. The van der Waals surface area contributed by atoms with Crippen molar-refractivity contribution in [2.45, 2.75) is 6.54 Å². The highest BCUT2D eigenvalue weighted by molar-refractivity contribution is 7.13. The van der Waals surface area contributed by atoms with Crippen LogP contribution in [0.5, 0.6) is 0 Å². The molecule has 1 aromatic heterocycles. The van der Waals surface area contributed by atoms with E-state index in [0.29, 0.717) is 11.7 Å². The second-order valence-electron chi connectivity index (χ2n) is 6.48. The Morgan fingerprint density at radius 1 is 1.04 bits per heavy atom. The molecule has 0 unspecified atom stereocenters. The lowest BCUT2D eigenvalue weighted by Crippen LogP contribution is -2.48. The lowest BCUT2D eigenvalue weighted by molar-refractivity contribution is -0.117. The number of anilines is 1. The summed E-state index contributed by atoms with van der Waals surface area (Å²) in [6.07, 6.45) is 0. The Labute approximate surface area is 156 Å². The van der Waals surface area contributed by atoms with Crippen LogP contribution in [0.2, 0.25) is 0 Å². The number of rotatable bonds is 5. The SMILES string of the molecule is O=C(CN1CCN(Cc2cccc3ccccc23)CC1)Nc1nncs1. The minimum absolute atomic E-state index is 0.0238. The van der Waals surface area contributed by atoms with Crippen LogP contribution < -0.4 is 5.32 Å². The minimum Gasteiger partial charge on any atom is -0.299 e. The van der Waals surface area contributed by atoms with Crippen LogP contribution in [0.1, 0.15) is 5.56 Å². The van der Waals surface area contributed by atoms with E-state index in [-0.39, 0.29) is 5.91 Å². The maximum atomic E-state index is 12.1. The highest BCUT2D eigenvalue weighted by Gasteiger charge is 2.19. The van der Waals surface area contributed by atoms with E-state index >= 15 is 0 Å². The van der Waals surface area contributed by atoms with Crippen LogP contribution in [-0.2, 0) is 11.3 Å². The minimum atomic E-state index is -0.0238. The highest BCUT2D eigenvalue weighted by atomic mass is 32.1. The number of nitrogens with zero attached hydrogens (tertiary/aromatic N) is 4. The van der Waals surface area contributed by atoms with Gasteiger partial charge < -0.3 is 0 Å². The normalized spacial score (nSPS) is 16.0. The second-order valence-corrected chi connectivity index (χ2v) is 7.32. The van der Waals surface area contributed by atoms with E-state index in [1.165, 1.54) is 27.7 Å². The fourth-order valence-corrected chi connectivity index (χ4v) is 3.83. The van der Waals surface area contributed by atoms with Gasteiger partial charge in [0.15, 0.2) is 0 Å². The average molecular weight is 367 g/mol. The molecule has 0 aliphatic carbocycles. The van der Waals surface area contributed by atoms with Gasteiger partial charge in [-0.25, -0.2) is 0 Å². The number of piperazine rings is 1. The molecule has 1 fully saturated rings. The van der Waals surface area contributed by atoms with Crippen LogP contribution in [0, 0.1) is 0 Å². The second kappa shape index (κ2) is 7.90.